The Kier molecular flexibility index (Phi) is 8.20. The first-order valence-electron chi connectivity index (χ1n) is 13.4. The summed E-state index contributed by atoms with van der Waals surface area (Å²) in [6, 6.07) is 12.0. The van der Waals surface area contributed by atoms with Crippen LogP contribution in [-0.2, 0) is 40.4 Å². The van der Waals surface area contributed by atoms with Gasteiger partial charge in [-0.15, -0.1) is 0 Å². The number of fused-ring (bicyclic) bond motifs is 1. The van der Waals surface area contributed by atoms with Crippen LogP contribution in [0.25, 0.3) is 0 Å². The highest BCUT2D eigenvalue weighted by Crippen LogP contribution is 2.32. The molecule has 11 nitrogen and oxygen atoms in total. The predicted molar refractivity (Wildman–Crippen MR) is 149 cm³/mol. The minimum absolute atomic E-state index is 0.184. The van der Waals surface area contributed by atoms with E-state index in [-0.39, 0.29) is 31.6 Å². The third kappa shape index (κ3) is 6.65. The van der Waals surface area contributed by atoms with E-state index in [2.05, 4.69) is 15.3 Å². The second-order valence-electron chi connectivity index (χ2n) is 10.5. The van der Waals surface area contributed by atoms with Crippen molar-refractivity contribution < 1.29 is 28.2 Å². The third-order valence-corrected chi connectivity index (χ3v) is 6.90. The van der Waals surface area contributed by atoms with E-state index in [1.807, 2.05) is 37.3 Å². The molecule has 12 heteroatoms. The SMILES string of the molecule is CC(=O)NC[C@H]1CN(c2ccc(N3Cc4cn(CCOC(=O)c5ccc(CN(C)C)cc5)nc4C3)c(F)c2)C(=O)O1. The quantitative estimate of drug-likeness (QED) is 0.375. The lowest BCUT2D eigenvalue weighted by molar-refractivity contribution is -0.119. The Balaban J connectivity index is 1.12. The van der Waals surface area contributed by atoms with Crippen molar-refractivity contribution in [3.05, 3.63) is 76.9 Å². The van der Waals surface area contributed by atoms with E-state index in [1.54, 1.807) is 28.9 Å². The van der Waals surface area contributed by atoms with E-state index in [4.69, 9.17) is 9.47 Å². The molecule has 1 atom stereocenters. The molecule has 1 fully saturated rings. The van der Waals surface area contributed by atoms with Gasteiger partial charge in [0.1, 0.15) is 18.5 Å². The molecule has 1 N–H and O–H groups in total. The zero-order chi connectivity index (χ0) is 29.1. The molecule has 1 saturated heterocycles. The number of nitrogens with one attached hydrogen (secondary N) is 1. The van der Waals surface area contributed by atoms with E-state index in [1.165, 1.54) is 17.9 Å². The normalized spacial score (nSPS) is 16.2. The number of aromatic nitrogens is 2. The van der Waals surface area contributed by atoms with Crippen molar-refractivity contribution in [2.24, 2.45) is 0 Å². The number of amides is 2. The Morgan fingerprint density at radius 2 is 1.95 bits per heavy atom. The van der Waals surface area contributed by atoms with Crippen LogP contribution in [0.15, 0.2) is 48.7 Å². The van der Waals surface area contributed by atoms with Gasteiger partial charge in [-0.2, -0.15) is 5.10 Å². The number of cyclic esters (lactones) is 1. The molecule has 0 spiro atoms. The third-order valence-electron chi connectivity index (χ3n) is 6.90. The molecule has 2 aliphatic heterocycles. The van der Waals surface area contributed by atoms with Crippen LogP contribution in [0.1, 0.15) is 34.1 Å². The molecule has 5 rings (SSSR count). The first-order chi connectivity index (χ1) is 19.7. The molecular formula is C29H33FN6O5. The van der Waals surface area contributed by atoms with Crippen LogP contribution in [0.3, 0.4) is 0 Å². The Morgan fingerprint density at radius 1 is 1.17 bits per heavy atom. The van der Waals surface area contributed by atoms with E-state index in [9.17, 15) is 14.4 Å². The topological polar surface area (TPSA) is 109 Å². The van der Waals surface area contributed by atoms with Crippen LogP contribution in [-0.4, -0.2) is 72.5 Å². The standard InChI is InChI=1S/C29H33FN6O5/c1-19(37)31-13-24-17-36(29(39)41-24)23-8-9-27(25(30)12-23)34-15-22-16-35(32-26(22)18-34)10-11-40-28(38)21-6-4-20(5-7-21)14-33(2)3/h4-9,12,16,24H,10-11,13-15,17-18H2,1-3H3,(H,31,37)/t24-/m0/s1. The maximum absolute atomic E-state index is 15.1. The van der Waals surface area contributed by atoms with Crippen molar-refractivity contribution in [3.63, 3.8) is 0 Å². The summed E-state index contributed by atoms with van der Waals surface area (Å²) in [5.74, 6) is -1.05. The largest absolute Gasteiger partial charge is 0.460 e. The minimum Gasteiger partial charge on any atom is -0.460 e. The number of hydrogen-bond donors (Lipinski definition) is 1. The van der Waals surface area contributed by atoms with Crippen LogP contribution in [0.2, 0.25) is 0 Å². The molecule has 0 aliphatic carbocycles. The first kappa shape index (κ1) is 28.1. The predicted octanol–water partition coefficient (Wildman–Crippen LogP) is 2.92. The van der Waals surface area contributed by atoms with Gasteiger partial charge in [0.05, 0.1) is 48.8 Å². The van der Waals surface area contributed by atoms with Gasteiger partial charge in [0.15, 0.2) is 0 Å². The van der Waals surface area contributed by atoms with Crippen LogP contribution >= 0.6 is 0 Å². The fourth-order valence-corrected chi connectivity index (χ4v) is 4.94. The summed E-state index contributed by atoms with van der Waals surface area (Å²) in [5, 5.41) is 7.21. The van der Waals surface area contributed by atoms with Crippen molar-refractivity contribution >= 4 is 29.3 Å². The summed E-state index contributed by atoms with van der Waals surface area (Å²) in [5.41, 5.74) is 4.23. The number of carbonyl (C=O) groups excluding carboxylic acids is 3. The number of hydrogen-bond acceptors (Lipinski definition) is 8. The fraction of sp³-hybridized carbons (Fsp3) is 0.379. The molecule has 0 unspecified atom stereocenters. The number of carbonyl (C=O) groups is 3. The first-order valence-corrected chi connectivity index (χ1v) is 13.4. The average molecular weight is 565 g/mol. The van der Waals surface area contributed by atoms with Gasteiger partial charge in [0.2, 0.25) is 5.91 Å². The lowest BCUT2D eigenvalue weighted by Crippen LogP contribution is -2.33. The van der Waals surface area contributed by atoms with Crippen molar-refractivity contribution in [1.82, 2.24) is 20.0 Å². The van der Waals surface area contributed by atoms with Gasteiger partial charge in [-0.1, -0.05) is 12.1 Å². The van der Waals surface area contributed by atoms with Gasteiger partial charge >= 0.3 is 12.1 Å². The lowest BCUT2D eigenvalue weighted by atomic mass is 10.1. The Hall–Kier alpha value is -4.45. The number of nitrogens with zero attached hydrogens (tertiary/aromatic N) is 5. The van der Waals surface area contributed by atoms with Gasteiger partial charge in [-0.25, -0.2) is 14.0 Å². The maximum Gasteiger partial charge on any atom is 0.414 e. The molecule has 3 aromatic rings. The van der Waals surface area contributed by atoms with Crippen LogP contribution in [0, 0.1) is 5.82 Å². The van der Waals surface area contributed by atoms with Crippen molar-refractivity contribution in [2.75, 3.05) is 43.6 Å². The molecule has 41 heavy (non-hydrogen) atoms. The number of ether oxygens (including phenoxy) is 2. The number of esters is 1. The monoisotopic (exact) mass is 564 g/mol. The van der Waals surface area contributed by atoms with E-state index >= 15 is 4.39 Å². The Labute approximate surface area is 237 Å². The summed E-state index contributed by atoms with van der Waals surface area (Å²) in [6.07, 6.45) is 0.815. The number of rotatable bonds is 10. The average Bonchev–Trinajstić information content (AvgIpc) is 3.60. The number of halogens is 1. The Morgan fingerprint density at radius 3 is 2.63 bits per heavy atom. The highest BCUT2D eigenvalue weighted by atomic mass is 19.1. The van der Waals surface area contributed by atoms with E-state index in [0.717, 1.165) is 23.4 Å². The van der Waals surface area contributed by atoms with Gasteiger partial charge in [0, 0.05) is 31.8 Å². The maximum atomic E-state index is 15.1. The summed E-state index contributed by atoms with van der Waals surface area (Å²) in [7, 11) is 3.98. The summed E-state index contributed by atoms with van der Waals surface area (Å²) < 4.78 is 27.6. The van der Waals surface area contributed by atoms with Gasteiger partial charge in [-0.3, -0.25) is 14.4 Å². The molecule has 216 valence electrons. The fourth-order valence-electron chi connectivity index (χ4n) is 4.94. The molecule has 2 aliphatic rings. The molecule has 3 heterocycles. The van der Waals surface area contributed by atoms with Crippen LogP contribution < -0.4 is 15.1 Å². The smallest absolute Gasteiger partial charge is 0.414 e. The number of benzene rings is 2. The minimum atomic E-state index is -0.577. The lowest BCUT2D eigenvalue weighted by Gasteiger charge is -2.21. The second-order valence-corrected chi connectivity index (χ2v) is 10.5. The van der Waals surface area contributed by atoms with Crippen molar-refractivity contribution in [1.29, 1.82) is 0 Å². The van der Waals surface area contributed by atoms with Gasteiger partial charge in [0.25, 0.3) is 0 Å². The second kappa shape index (κ2) is 12.0. The van der Waals surface area contributed by atoms with Crippen LogP contribution in [0.4, 0.5) is 20.6 Å². The zero-order valence-corrected chi connectivity index (χ0v) is 23.3. The Bertz CT molecular complexity index is 1420. The number of anilines is 2. The zero-order valence-electron chi connectivity index (χ0n) is 23.3. The summed E-state index contributed by atoms with van der Waals surface area (Å²) >= 11 is 0. The molecule has 2 aromatic carbocycles. The molecule has 0 bridgehead atoms. The van der Waals surface area contributed by atoms with E-state index < -0.39 is 18.0 Å². The summed E-state index contributed by atoms with van der Waals surface area (Å²) in [6.45, 7) is 4.12. The highest BCUT2D eigenvalue weighted by molar-refractivity contribution is 5.90. The molecule has 2 amide bonds. The summed E-state index contributed by atoms with van der Waals surface area (Å²) in [4.78, 5) is 41.1. The van der Waals surface area contributed by atoms with E-state index in [0.29, 0.717) is 36.6 Å². The molecular weight excluding hydrogens is 531 g/mol. The van der Waals surface area contributed by atoms with Gasteiger partial charge in [-0.05, 0) is 50.0 Å². The van der Waals surface area contributed by atoms with Crippen molar-refractivity contribution in [3.8, 4) is 0 Å². The molecule has 0 radical (unpaired) electrons. The molecule has 1 aromatic heterocycles. The van der Waals surface area contributed by atoms with Crippen molar-refractivity contribution in [2.45, 2.75) is 39.2 Å². The highest BCUT2D eigenvalue weighted by Gasteiger charge is 2.33. The van der Waals surface area contributed by atoms with Gasteiger partial charge < -0.3 is 24.6 Å². The van der Waals surface area contributed by atoms with Crippen LogP contribution in [0.5, 0.6) is 0 Å². The molecule has 0 saturated carbocycles.